The molecule has 0 aromatic heterocycles. The summed E-state index contributed by atoms with van der Waals surface area (Å²) in [5.74, 6) is -1.53. The predicted octanol–water partition coefficient (Wildman–Crippen LogP) is 2.61. The summed E-state index contributed by atoms with van der Waals surface area (Å²) in [6.45, 7) is 3.75. The van der Waals surface area contributed by atoms with E-state index in [1.165, 1.54) is 21.9 Å². The van der Waals surface area contributed by atoms with Gasteiger partial charge < -0.3 is 10.2 Å². The first kappa shape index (κ1) is 18.9. The van der Waals surface area contributed by atoms with Crippen LogP contribution in [0, 0.1) is 5.82 Å². The normalized spacial score (nSPS) is 20.3. The van der Waals surface area contributed by atoms with Gasteiger partial charge in [-0.3, -0.25) is 19.3 Å². The number of benzene rings is 2. The second-order valence-electron chi connectivity index (χ2n) is 7.04. The smallest absolute Gasteiger partial charge is 0.267 e. The molecule has 1 fully saturated rings. The molecule has 6 nitrogen and oxygen atoms in total. The van der Waals surface area contributed by atoms with Crippen LogP contribution >= 0.6 is 0 Å². The van der Waals surface area contributed by atoms with Gasteiger partial charge in [-0.25, -0.2) is 4.39 Å². The lowest BCUT2D eigenvalue weighted by atomic mass is 9.95. The number of para-hydroxylation sites is 1. The van der Waals surface area contributed by atoms with Gasteiger partial charge in [0.05, 0.1) is 11.3 Å². The van der Waals surface area contributed by atoms with Crippen LogP contribution in [0.1, 0.15) is 28.8 Å². The third-order valence-corrected chi connectivity index (χ3v) is 5.45. The molecule has 0 aliphatic carbocycles. The second kappa shape index (κ2) is 7.16. The molecular weight excluding hydrogens is 373 g/mol. The third kappa shape index (κ3) is 2.81. The molecule has 7 heteroatoms. The Morgan fingerprint density at radius 3 is 2.66 bits per heavy atom. The largest absolute Gasteiger partial charge is 0.348 e. The van der Waals surface area contributed by atoms with Crippen molar-refractivity contribution in [2.24, 2.45) is 0 Å². The van der Waals surface area contributed by atoms with E-state index in [4.69, 9.17) is 0 Å². The molecule has 0 radical (unpaired) electrons. The van der Waals surface area contributed by atoms with E-state index >= 15 is 0 Å². The van der Waals surface area contributed by atoms with E-state index in [-0.39, 0.29) is 37.7 Å². The number of hydrogen-bond acceptors (Lipinski definition) is 3. The lowest BCUT2D eigenvalue weighted by Gasteiger charge is -2.48. The van der Waals surface area contributed by atoms with E-state index in [0.717, 1.165) is 0 Å². The predicted molar refractivity (Wildman–Crippen MR) is 105 cm³/mol. The number of hydrogen-bond donors (Lipinski definition) is 1. The quantitative estimate of drug-likeness (QED) is 0.794. The Morgan fingerprint density at radius 1 is 1.17 bits per heavy atom. The minimum absolute atomic E-state index is 0.0486. The maximum Gasteiger partial charge on any atom is 0.267 e. The molecule has 1 N–H and O–H groups in total. The van der Waals surface area contributed by atoms with E-state index in [2.05, 4.69) is 11.9 Å². The van der Waals surface area contributed by atoms with Gasteiger partial charge in [0, 0.05) is 31.5 Å². The van der Waals surface area contributed by atoms with Crippen LogP contribution in [0.3, 0.4) is 0 Å². The highest BCUT2D eigenvalue weighted by Gasteiger charge is 2.60. The van der Waals surface area contributed by atoms with Gasteiger partial charge in [0.1, 0.15) is 5.82 Å². The highest BCUT2D eigenvalue weighted by atomic mass is 19.1. The van der Waals surface area contributed by atoms with E-state index < -0.39 is 17.4 Å². The zero-order chi connectivity index (χ0) is 20.6. The van der Waals surface area contributed by atoms with Crippen LogP contribution in [0.4, 0.5) is 10.1 Å². The monoisotopic (exact) mass is 393 g/mol. The van der Waals surface area contributed by atoms with Crippen molar-refractivity contribution in [3.8, 4) is 0 Å². The van der Waals surface area contributed by atoms with Crippen LogP contribution in [0.25, 0.3) is 0 Å². The molecular formula is C22H20FN3O3. The van der Waals surface area contributed by atoms with Gasteiger partial charge in [-0.15, -0.1) is 6.58 Å². The fourth-order valence-electron chi connectivity index (χ4n) is 4.12. The zero-order valence-electron chi connectivity index (χ0n) is 15.7. The average molecular weight is 393 g/mol. The van der Waals surface area contributed by atoms with Crippen molar-refractivity contribution in [3.63, 3.8) is 0 Å². The Bertz CT molecular complexity index is 1020. The lowest BCUT2D eigenvalue weighted by Crippen LogP contribution is -2.70. The first-order chi connectivity index (χ1) is 14.0. The molecule has 0 spiro atoms. The summed E-state index contributed by atoms with van der Waals surface area (Å²) in [6.07, 6.45) is 1.81. The summed E-state index contributed by atoms with van der Waals surface area (Å²) in [6, 6.07) is 12.9. The van der Waals surface area contributed by atoms with Crippen molar-refractivity contribution < 1.29 is 18.8 Å². The van der Waals surface area contributed by atoms with Gasteiger partial charge >= 0.3 is 0 Å². The Balaban J connectivity index is 1.76. The summed E-state index contributed by atoms with van der Waals surface area (Å²) in [4.78, 5) is 42.2. The van der Waals surface area contributed by atoms with Crippen LogP contribution in [0.15, 0.2) is 61.2 Å². The highest BCUT2D eigenvalue weighted by molar-refractivity contribution is 6.16. The molecule has 0 bridgehead atoms. The number of nitrogens with zero attached hydrogens (tertiary/aromatic N) is 2. The molecule has 0 saturated carbocycles. The summed E-state index contributed by atoms with van der Waals surface area (Å²) in [5.41, 5.74) is -0.392. The number of anilines is 1. The molecule has 148 valence electrons. The van der Waals surface area contributed by atoms with Crippen molar-refractivity contribution in [3.05, 3.63) is 78.1 Å². The number of nitrogens with one attached hydrogen (secondary N) is 1. The molecule has 29 heavy (non-hydrogen) atoms. The molecule has 2 heterocycles. The van der Waals surface area contributed by atoms with Gasteiger partial charge in [-0.1, -0.05) is 36.4 Å². The minimum atomic E-state index is -1.50. The van der Waals surface area contributed by atoms with Crippen LogP contribution in [-0.2, 0) is 16.1 Å². The van der Waals surface area contributed by atoms with Crippen molar-refractivity contribution >= 4 is 23.4 Å². The molecule has 1 saturated heterocycles. The van der Waals surface area contributed by atoms with E-state index in [1.54, 1.807) is 42.5 Å². The van der Waals surface area contributed by atoms with Crippen LogP contribution in [0.5, 0.6) is 0 Å². The number of halogens is 1. The van der Waals surface area contributed by atoms with Crippen LogP contribution in [0.2, 0.25) is 0 Å². The van der Waals surface area contributed by atoms with Crippen molar-refractivity contribution in [1.29, 1.82) is 0 Å². The molecule has 4 rings (SSSR count). The Labute approximate surface area is 167 Å². The summed E-state index contributed by atoms with van der Waals surface area (Å²) < 4.78 is 14.0. The Kier molecular flexibility index (Phi) is 4.66. The molecule has 1 atom stereocenters. The van der Waals surface area contributed by atoms with Gasteiger partial charge in [-0.05, 0) is 18.2 Å². The van der Waals surface area contributed by atoms with E-state index in [1.807, 2.05) is 0 Å². The van der Waals surface area contributed by atoms with Crippen LogP contribution < -0.4 is 10.2 Å². The van der Waals surface area contributed by atoms with Crippen molar-refractivity contribution in [2.75, 3.05) is 11.4 Å². The second-order valence-corrected chi connectivity index (χ2v) is 7.04. The van der Waals surface area contributed by atoms with Crippen molar-refractivity contribution in [2.45, 2.75) is 25.0 Å². The maximum atomic E-state index is 14.0. The molecule has 2 aromatic carbocycles. The van der Waals surface area contributed by atoms with Crippen molar-refractivity contribution in [1.82, 2.24) is 10.2 Å². The number of fused-ring (bicyclic) bond motifs is 3. The number of rotatable bonds is 5. The Morgan fingerprint density at radius 2 is 1.90 bits per heavy atom. The van der Waals surface area contributed by atoms with Crippen LogP contribution in [-0.4, -0.2) is 34.8 Å². The number of amides is 3. The van der Waals surface area contributed by atoms with Gasteiger partial charge in [-0.2, -0.15) is 0 Å². The molecule has 2 aromatic rings. The lowest BCUT2D eigenvalue weighted by molar-refractivity contribution is -0.133. The maximum absolute atomic E-state index is 14.0. The molecule has 3 amide bonds. The number of carbonyl (C=O) groups excluding carboxylic acids is 3. The molecule has 0 unspecified atom stereocenters. The highest BCUT2D eigenvalue weighted by Crippen LogP contribution is 2.44. The molecule has 2 aliphatic rings. The average Bonchev–Trinajstić information content (AvgIpc) is 3.08. The first-order valence-corrected chi connectivity index (χ1v) is 9.37. The SMILES string of the molecule is C=CCN1C(=O)c2ccccc2N2C(=O)CC[C@@]12C(=O)NCc1ccccc1F. The van der Waals surface area contributed by atoms with Gasteiger partial charge in [0.25, 0.3) is 11.8 Å². The minimum Gasteiger partial charge on any atom is -0.348 e. The zero-order valence-corrected chi connectivity index (χ0v) is 15.7. The summed E-state index contributed by atoms with van der Waals surface area (Å²) >= 11 is 0. The van der Waals surface area contributed by atoms with Gasteiger partial charge in [0.2, 0.25) is 11.6 Å². The third-order valence-electron chi connectivity index (χ3n) is 5.45. The number of carbonyl (C=O) groups is 3. The van der Waals surface area contributed by atoms with E-state index in [9.17, 15) is 18.8 Å². The standard InChI is InChI=1S/C22H20FN3O3/c1-2-13-25-20(28)16-8-4-6-10-18(16)26-19(27)11-12-22(25,26)21(29)24-14-15-7-3-5-9-17(15)23/h2-10H,1,11-14H2,(H,24,29)/t22-/m1/s1. The fraction of sp³-hybridized carbons (Fsp3) is 0.227. The fourth-order valence-corrected chi connectivity index (χ4v) is 4.12. The topological polar surface area (TPSA) is 69.7 Å². The summed E-state index contributed by atoms with van der Waals surface area (Å²) in [5, 5.41) is 2.73. The van der Waals surface area contributed by atoms with E-state index in [0.29, 0.717) is 16.8 Å². The summed E-state index contributed by atoms with van der Waals surface area (Å²) in [7, 11) is 0. The van der Waals surface area contributed by atoms with Gasteiger partial charge in [0.15, 0.2) is 0 Å². The Hall–Kier alpha value is -3.48. The first-order valence-electron chi connectivity index (χ1n) is 9.37. The molecule has 2 aliphatic heterocycles.